The molecule has 0 bridgehead atoms. The Balaban J connectivity index is 1.87. The van der Waals surface area contributed by atoms with Crippen molar-refractivity contribution < 1.29 is 9.90 Å². The van der Waals surface area contributed by atoms with Crippen LogP contribution in [0.1, 0.15) is 28.1 Å². The van der Waals surface area contributed by atoms with Crippen LogP contribution < -0.4 is 5.56 Å². The number of fused-ring (bicyclic) bond motifs is 1. The Hall–Kier alpha value is -1.96. The van der Waals surface area contributed by atoms with Crippen molar-refractivity contribution in [1.29, 1.82) is 0 Å². The van der Waals surface area contributed by atoms with Gasteiger partial charge in [0.15, 0.2) is 0 Å². The van der Waals surface area contributed by atoms with E-state index >= 15 is 0 Å². The first-order valence-corrected chi connectivity index (χ1v) is 10.4. The standard InChI is InChI=1S/C20H19BrN2O3S/c1-12-4-6-13(7-5-12)23-16(25)9-8-15-17(21)18(27-20(15)23)19(26)22-10-2-3-14(22)11-24/h4-9,14,24H,2-3,10-11H2,1H3/t14-/m1/s1. The van der Waals surface area contributed by atoms with Crippen LogP contribution in [0, 0.1) is 6.92 Å². The topological polar surface area (TPSA) is 62.5 Å². The molecule has 1 aromatic carbocycles. The van der Waals surface area contributed by atoms with Crippen LogP contribution in [0.25, 0.3) is 15.9 Å². The molecule has 7 heteroatoms. The SMILES string of the molecule is Cc1ccc(-n2c(=O)ccc3c(Br)c(C(=O)N4CCC[C@@H]4CO)sc32)cc1. The Kier molecular flexibility index (Phi) is 4.92. The summed E-state index contributed by atoms with van der Waals surface area (Å²) < 4.78 is 2.35. The number of carbonyl (C=O) groups excluding carboxylic acids is 1. The summed E-state index contributed by atoms with van der Waals surface area (Å²) in [5.41, 5.74) is 1.76. The highest BCUT2D eigenvalue weighted by atomic mass is 79.9. The zero-order valence-corrected chi connectivity index (χ0v) is 17.2. The van der Waals surface area contributed by atoms with Crippen molar-refractivity contribution in [2.45, 2.75) is 25.8 Å². The van der Waals surface area contributed by atoms with Gasteiger partial charge in [-0.15, -0.1) is 11.3 Å². The molecule has 2 aromatic heterocycles. The largest absolute Gasteiger partial charge is 0.394 e. The summed E-state index contributed by atoms with van der Waals surface area (Å²) in [6.07, 6.45) is 1.71. The summed E-state index contributed by atoms with van der Waals surface area (Å²) in [4.78, 5) is 28.7. The van der Waals surface area contributed by atoms with Gasteiger partial charge in [-0.05, 0) is 53.9 Å². The van der Waals surface area contributed by atoms with Crippen molar-refractivity contribution in [2.75, 3.05) is 13.2 Å². The molecule has 3 aromatic rings. The molecule has 1 aliphatic rings. The zero-order chi connectivity index (χ0) is 19.1. The molecule has 0 radical (unpaired) electrons. The second kappa shape index (κ2) is 7.22. The van der Waals surface area contributed by atoms with Gasteiger partial charge in [-0.1, -0.05) is 17.7 Å². The van der Waals surface area contributed by atoms with Crippen molar-refractivity contribution in [3.8, 4) is 5.69 Å². The lowest BCUT2D eigenvalue weighted by atomic mass is 10.2. The number of aliphatic hydroxyl groups is 1. The summed E-state index contributed by atoms with van der Waals surface area (Å²) in [7, 11) is 0. The van der Waals surface area contributed by atoms with Crippen LogP contribution >= 0.6 is 27.3 Å². The molecule has 1 fully saturated rings. The first-order chi connectivity index (χ1) is 13.0. The number of nitrogens with zero attached hydrogens (tertiary/aromatic N) is 2. The highest BCUT2D eigenvalue weighted by Gasteiger charge is 2.31. The van der Waals surface area contributed by atoms with Crippen LogP contribution in [-0.4, -0.2) is 39.7 Å². The number of pyridine rings is 1. The number of likely N-dealkylation sites (tertiary alicyclic amines) is 1. The van der Waals surface area contributed by atoms with Gasteiger partial charge in [-0.25, -0.2) is 0 Å². The average molecular weight is 447 g/mol. The smallest absolute Gasteiger partial charge is 0.265 e. The third-order valence-corrected chi connectivity index (χ3v) is 7.28. The maximum Gasteiger partial charge on any atom is 0.265 e. The Labute approximate surface area is 169 Å². The molecular weight excluding hydrogens is 428 g/mol. The number of hydrogen-bond acceptors (Lipinski definition) is 4. The fourth-order valence-electron chi connectivity index (χ4n) is 3.55. The van der Waals surface area contributed by atoms with Crippen LogP contribution in [0.4, 0.5) is 0 Å². The molecule has 1 N–H and O–H groups in total. The van der Waals surface area contributed by atoms with Gasteiger partial charge in [0.05, 0.1) is 22.8 Å². The predicted octanol–water partition coefficient (Wildman–Crippen LogP) is 3.72. The van der Waals surface area contributed by atoms with E-state index < -0.39 is 0 Å². The van der Waals surface area contributed by atoms with E-state index in [4.69, 9.17) is 0 Å². The molecule has 0 spiro atoms. The van der Waals surface area contributed by atoms with E-state index in [1.54, 1.807) is 15.5 Å². The number of hydrogen-bond donors (Lipinski definition) is 1. The minimum atomic E-state index is -0.131. The van der Waals surface area contributed by atoms with Crippen LogP contribution in [-0.2, 0) is 0 Å². The highest BCUT2D eigenvalue weighted by molar-refractivity contribution is 9.10. The minimum absolute atomic E-state index is 0.0255. The monoisotopic (exact) mass is 446 g/mol. The normalized spacial score (nSPS) is 17.0. The van der Waals surface area contributed by atoms with Gasteiger partial charge in [0.1, 0.15) is 9.71 Å². The van der Waals surface area contributed by atoms with Gasteiger partial charge >= 0.3 is 0 Å². The zero-order valence-electron chi connectivity index (χ0n) is 14.8. The summed E-state index contributed by atoms with van der Waals surface area (Å²) in [6.45, 7) is 2.62. The molecule has 5 nitrogen and oxygen atoms in total. The molecule has 140 valence electrons. The van der Waals surface area contributed by atoms with E-state index in [0.29, 0.717) is 15.9 Å². The molecule has 4 rings (SSSR count). The lowest BCUT2D eigenvalue weighted by molar-refractivity contribution is 0.0682. The third kappa shape index (κ3) is 3.13. The maximum absolute atomic E-state index is 13.1. The number of rotatable bonds is 3. The Morgan fingerprint density at radius 1 is 1.26 bits per heavy atom. The number of aromatic nitrogens is 1. The molecule has 27 heavy (non-hydrogen) atoms. The summed E-state index contributed by atoms with van der Waals surface area (Å²) in [6, 6.07) is 10.9. The van der Waals surface area contributed by atoms with Gasteiger partial charge < -0.3 is 10.0 Å². The molecule has 1 amide bonds. The third-order valence-electron chi connectivity index (χ3n) is 5.02. The molecule has 1 atom stereocenters. The van der Waals surface area contributed by atoms with Crippen molar-refractivity contribution >= 4 is 43.4 Å². The van der Waals surface area contributed by atoms with Crippen molar-refractivity contribution in [2.24, 2.45) is 0 Å². The van der Waals surface area contributed by atoms with E-state index in [2.05, 4.69) is 15.9 Å². The van der Waals surface area contributed by atoms with E-state index in [0.717, 1.165) is 34.3 Å². The van der Waals surface area contributed by atoms with Crippen molar-refractivity contribution in [3.05, 3.63) is 61.7 Å². The molecule has 1 saturated heterocycles. The minimum Gasteiger partial charge on any atom is -0.394 e. The highest BCUT2D eigenvalue weighted by Crippen LogP contribution is 2.37. The number of carbonyl (C=O) groups is 1. The average Bonchev–Trinajstić information content (AvgIpc) is 3.27. The Bertz CT molecular complexity index is 1070. The van der Waals surface area contributed by atoms with Crippen molar-refractivity contribution in [3.63, 3.8) is 0 Å². The lowest BCUT2D eigenvalue weighted by Crippen LogP contribution is -2.37. The van der Waals surface area contributed by atoms with Gasteiger partial charge in [0.2, 0.25) is 0 Å². The number of halogens is 1. The summed E-state index contributed by atoms with van der Waals surface area (Å²) >= 11 is 4.88. The Morgan fingerprint density at radius 3 is 2.70 bits per heavy atom. The van der Waals surface area contributed by atoms with Crippen LogP contribution in [0.5, 0.6) is 0 Å². The number of aliphatic hydroxyl groups excluding tert-OH is 1. The number of benzene rings is 1. The second-order valence-corrected chi connectivity index (χ2v) is 8.58. The first kappa shape index (κ1) is 18.4. The predicted molar refractivity (Wildman–Crippen MR) is 111 cm³/mol. The quantitative estimate of drug-likeness (QED) is 0.666. The van der Waals surface area contributed by atoms with Gasteiger partial charge in [-0.2, -0.15) is 0 Å². The maximum atomic E-state index is 13.1. The first-order valence-electron chi connectivity index (χ1n) is 8.84. The fraction of sp³-hybridized carbons (Fsp3) is 0.300. The van der Waals surface area contributed by atoms with Gasteiger partial charge in [-0.3, -0.25) is 14.2 Å². The Morgan fingerprint density at radius 2 is 2.00 bits per heavy atom. The van der Waals surface area contributed by atoms with Gasteiger partial charge in [0, 0.05) is 18.0 Å². The van der Waals surface area contributed by atoms with E-state index in [1.807, 2.05) is 31.2 Å². The fourth-order valence-corrected chi connectivity index (χ4v) is 5.58. The van der Waals surface area contributed by atoms with E-state index in [-0.39, 0.29) is 24.1 Å². The number of aryl methyl sites for hydroxylation is 1. The molecular formula is C20H19BrN2O3S. The lowest BCUT2D eigenvalue weighted by Gasteiger charge is -2.22. The number of thiophene rings is 1. The molecule has 0 unspecified atom stereocenters. The van der Waals surface area contributed by atoms with E-state index in [9.17, 15) is 14.7 Å². The number of amides is 1. The second-order valence-electron chi connectivity index (χ2n) is 6.78. The van der Waals surface area contributed by atoms with Crippen LogP contribution in [0.15, 0.2) is 45.7 Å². The van der Waals surface area contributed by atoms with Crippen LogP contribution in [0.2, 0.25) is 0 Å². The summed E-state index contributed by atoms with van der Waals surface area (Å²) in [5, 5.41) is 10.4. The molecule has 0 saturated carbocycles. The molecule has 0 aliphatic carbocycles. The molecule has 1 aliphatic heterocycles. The van der Waals surface area contributed by atoms with Crippen LogP contribution in [0.3, 0.4) is 0 Å². The molecule has 3 heterocycles. The van der Waals surface area contributed by atoms with Gasteiger partial charge in [0.25, 0.3) is 11.5 Å². The summed E-state index contributed by atoms with van der Waals surface area (Å²) in [5.74, 6) is -0.0949. The van der Waals surface area contributed by atoms with Crippen molar-refractivity contribution in [1.82, 2.24) is 9.47 Å². The van der Waals surface area contributed by atoms with E-state index in [1.165, 1.54) is 17.4 Å².